The zero-order valence-electron chi connectivity index (χ0n) is 7.67. The molecule has 3 nitrogen and oxygen atoms in total. The average Bonchev–Trinajstić information content (AvgIpc) is 2.10. The predicted molar refractivity (Wildman–Crippen MR) is 46.7 cm³/mol. The molecule has 0 aliphatic rings. The van der Waals surface area contributed by atoms with Crippen molar-refractivity contribution in [3.8, 4) is 0 Å². The lowest BCUT2D eigenvalue weighted by molar-refractivity contribution is -0.136. The van der Waals surface area contributed by atoms with E-state index in [4.69, 9.17) is 5.11 Å². The maximum absolute atomic E-state index is 10.8. The summed E-state index contributed by atoms with van der Waals surface area (Å²) < 4.78 is 4.51. The quantitative estimate of drug-likeness (QED) is 0.386. The largest absolute Gasteiger partial charge is 0.466 e. The highest BCUT2D eigenvalue weighted by molar-refractivity contribution is 5.87. The van der Waals surface area contributed by atoms with Crippen molar-refractivity contribution >= 4 is 5.97 Å². The fraction of sp³-hybridized carbons (Fsp3) is 0.667. The standard InChI is InChI=1S/C9H16O3/c1-8(9(11)12-2)6-4-3-5-7-10/h6,10H,3-5,7H2,1-2H3/b8-6+. The summed E-state index contributed by atoms with van der Waals surface area (Å²) in [4.78, 5) is 10.8. The molecule has 0 aromatic rings. The minimum absolute atomic E-state index is 0.213. The van der Waals surface area contributed by atoms with E-state index in [1.54, 1.807) is 6.92 Å². The lowest BCUT2D eigenvalue weighted by Crippen LogP contribution is -2.01. The minimum atomic E-state index is -0.279. The van der Waals surface area contributed by atoms with E-state index in [9.17, 15) is 4.79 Å². The lowest BCUT2D eigenvalue weighted by Gasteiger charge is -1.97. The van der Waals surface area contributed by atoms with E-state index in [1.807, 2.05) is 6.08 Å². The second kappa shape index (κ2) is 6.85. The van der Waals surface area contributed by atoms with Gasteiger partial charge in [-0.05, 0) is 26.2 Å². The molecular formula is C9H16O3. The molecule has 0 aliphatic heterocycles. The van der Waals surface area contributed by atoms with Gasteiger partial charge in [0.1, 0.15) is 0 Å². The molecule has 0 heterocycles. The van der Waals surface area contributed by atoms with E-state index in [0.717, 1.165) is 19.3 Å². The zero-order valence-corrected chi connectivity index (χ0v) is 7.67. The minimum Gasteiger partial charge on any atom is -0.466 e. The van der Waals surface area contributed by atoms with Gasteiger partial charge in [-0.1, -0.05) is 6.08 Å². The number of hydrogen-bond donors (Lipinski definition) is 1. The van der Waals surface area contributed by atoms with Crippen molar-refractivity contribution in [3.05, 3.63) is 11.6 Å². The first kappa shape index (κ1) is 11.2. The molecule has 0 saturated carbocycles. The molecule has 0 aromatic heterocycles. The number of aliphatic hydroxyl groups excluding tert-OH is 1. The molecule has 0 bridgehead atoms. The van der Waals surface area contributed by atoms with Crippen LogP contribution in [-0.4, -0.2) is 24.8 Å². The number of methoxy groups -OCH3 is 1. The zero-order chi connectivity index (χ0) is 9.40. The van der Waals surface area contributed by atoms with E-state index in [0.29, 0.717) is 5.57 Å². The first-order valence-corrected chi connectivity index (χ1v) is 4.08. The van der Waals surface area contributed by atoms with Crippen molar-refractivity contribution in [1.82, 2.24) is 0 Å². The topological polar surface area (TPSA) is 46.5 Å². The third-order valence-corrected chi connectivity index (χ3v) is 1.57. The smallest absolute Gasteiger partial charge is 0.333 e. The van der Waals surface area contributed by atoms with Gasteiger partial charge in [0.15, 0.2) is 0 Å². The highest BCUT2D eigenvalue weighted by atomic mass is 16.5. The molecule has 0 amide bonds. The summed E-state index contributed by atoms with van der Waals surface area (Å²) in [5, 5.41) is 8.47. The molecule has 0 atom stereocenters. The number of esters is 1. The van der Waals surface area contributed by atoms with E-state index in [-0.39, 0.29) is 12.6 Å². The van der Waals surface area contributed by atoms with Crippen LogP contribution in [0, 0.1) is 0 Å². The van der Waals surface area contributed by atoms with E-state index in [1.165, 1.54) is 7.11 Å². The van der Waals surface area contributed by atoms with Crippen molar-refractivity contribution < 1.29 is 14.6 Å². The Kier molecular flexibility index (Phi) is 6.38. The van der Waals surface area contributed by atoms with Crippen LogP contribution in [0.4, 0.5) is 0 Å². The maximum Gasteiger partial charge on any atom is 0.333 e. The van der Waals surface area contributed by atoms with Gasteiger partial charge in [-0.15, -0.1) is 0 Å². The third kappa shape index (κ3) is 4.91. The van der Waals surface area contributed by atoms with Gasteiger partial charge in [-0.3, -0.25) is 0 Å². The number of aliphatic hydroxyl groups is 1. The highest BCUT2D eigenvalue weighted by Crippen LogP contribution is 2.02. The number of hydrogen-bond acceptors (Lipinski definition) is 3. The van der Waals surface area contributed by atoms with E-state index < -0.39 is 0 Å². The summed E-state index contributed by atoms with van der Waals surface area (Å²) in [5.74, 6) is -0.279. The summed E-state index contributed by atoms with van der Waals surface area (Å²) in [6.45, 7) is 1.94. The number of rotatable bonds is 5. The van der Waals surface area contributed by atoms with Gasteiger partial charge in [0.2, 0.25) is 0 Å². The van der Waals surface area contributed by atoms with Crippen LogP contribution in [0.25, 0.3) is 0 Å². The van der Waals surface area contributed by atoms with Crippen LogP contribution in [0.3, 0.4) is 0 Å². The Labute approximate surface area is 73.0 Å². The first-order chi connectivity index (χ1) is 5.72. The third-order valence-electron chi connectivity index (χ3n) is 1.57. The van der Waals surface area contributed by atoms with Crippen LogP contribution in [0.15, 0.2) is 11.6 Å². The van der Waals surface area contributed by atoms with Gasteiger partial charge in [0.05, 0.1) is 7.11 Å². The van der Waals surface area contributed by atoms with Crippen molar-refractivity contribution in [1.29, 1.82) is 0 Å². The molecular weight excluding hydrogens is 156 g/mol. The van der Waals surface area contributed by atoms with Crippen molar-refractivity contribution in [3.63, 3.8) is 0 Å². The van der Waals surface area contributed by atoms with E-state index in [2.05, 4.69) is 4.74 Å². The van der Waals surface area contributed by atoms with Crippen LogP contribution in [0.1, 0.15) is 26.2 Å². The van der Waals surface area contributed by atoms with Crippen molar-refractivity contribution in [2.24, 2.45) is 0 Å². The number of ether oxygens (including phenoxy) is 1. The molecule has 0 spiro atoms. The normalized spacial score (nSPS) is 11.4. The van der Waals surface area contributed by atoms with Gasteiger partial charge < -0.3 is 9.84 Å². The maximum atomic E-state index is 10.8. The molecule has 0 unspecified atom stereocenters. The SMILES string of the molecule is COC(=O)/C(C)=C/CCCCO. The van der Waals surface area contributed by atoms with Gasteiger partial charge in [-0.2, -0.15) is 0 Å². The van der Waals surface area contributed by atoms with Gasteiger partial charge in [0.25, 0.3) is 0 Å². The van der Waals surface area contributed by atoms with Crippen LogP contribution in [0.5, 0.6) is 0 Å². The molecule has 12 heavy (non-hydrogen) atoms. The van der Waals surface area contributed by atoms with Gasteiger partial charge >= 0.3 is 5.97 Å². The molecule has 0 rings (SSSR count). The highest BCUT2D eigenvalue weighted by Gasteiger charge is 2.00. The molecule has 70 valence electrons. The van der Waals surface area contributed by atoms with Crippen LogP contribution in [0.2, 0.25) is 0 Å². The Balaban J connectivity index is 3.61. The van der Waals surface area contributed by atoms with Gasteiger partial charge in [0, 0.05) is 12.2 Å². The molecule has 1 N–H and O–H groups in total. The second-order valence-corrected chi connectivity index (χ2v) is 2.60. The Morgan fingerprint density at radius 2 is 2.17 bits per heavy atom. The molecule has 0 fully saturated rings. The van der Waals surface area contributed by atoms with Gasteiger partial charge in [-0.25, -0.2) is 4.79 Å². The molecule has 0 saturated heterocycles. The molecule has 0 aromatic carbocycles. The monoisotopic (exact) mass is 172 g/mol. The summed E-state index contributed by atoms with van der Waals surface area (Å²) in [7, 11) is 1.37. The fourth-order valence-corrected chi connectivity index (χ4v) is 0.819. The Morgan fingerprint density at radius 1 is 1.50 bits per heavy atom. The summed E-state index contributed by atoms with van der Waals surface area (Å²) >= 11 is 0. The number of allylic oxidation sites excluding steroid dienone is 1. The lowest BCUT2D eigenvalue weighted by atomic mass is 10.2. The Morgan fingerprint density at radius 3 is 2.67 bits per heavy atom. The second-order valence-electron chi connectivity index (χ2n) is 2.60. The van der Waals surface area contributed by atoms with E-state index >= 15 is 0 Å². The first-order valence-electron chi connectivity index (χ1n) is 4.08. The summed E-state index contributed by atoms with van der Waals surface area (Å²) in [5.41, 5.74) is 0.635. The van der Waals surface area contributed by atoms with Crippen LogP contribution in [-0.2, 0) is 9.53 Å². The Bertz CT molecular complexity index is 161. The predicted octanol–water partition coefficient (Wildman–Crippen LogP) is 1.27. The number of unbranched alkanes of at least 4 members (excludes halogenated alkanes) is 2. The summed E-state index contributed by atoms with van der Waals surface area (Å²) in [6, 6.07) is 0. The Hall–Kier alpha value is -0.830. The van der Waals surface area contributed by atoms with Crippen LogP contribution < -0.4 is 0 Å². The molecule has 0 radical (unpaired) electrons. The van der Waals surface area contributed by atoms with Crippen LogP contribution >= 0.6 is 0 Å². The average molecular weight is 172 g/mol. The van der Waals surface area contributed by atoms with Crippen molar-refractivity contribution in [2.45, 2.75) is 26.2 Å². The number of carbonyl (C=O) groups excluding carboxylic acids is 1. The molecule has 3 heteroatoms. The fourth-order valence-electron chi connectivity index (χ4n) is 0.819. The van der Waals surface area contributed by atoms with Crippen molar-refractivity contribution in [2.75, 3.05) is 13.7 Å². The number of carbonyl (C=O) groups is 1. The summed E-state index contributed by atoms with van der Waals surface area (Å²) in [6.07, 6.45) is 4.35. The molecule has 0 aliphatic carbocycles.